The van der Waals surface area contributed by atoms with Gasteiger partial charge in [-0.05, 0) is 62.4 Å². The Bertz CT molecular complexity index is 1150. The van der Waals surface area contributed by atoms with E-state index >= 15 is 0 Å². The molecule has 1 aliphatic carbocycles. The molecule has 0 aromatic heterocycles. The number of nitrogens with zero attached hydrogens (tertiary/aromatic N) is 2. The second-order valence-electron chi connectivity index (χ2n) is 11.2. The standard InChI is InChI=1S/C29H33ClN2O3/c1-28(2)18-29(3,19-12-14-20(30)15-13-19)23-10-6-7-11-24(23)32(28)25(33)16-17-31-26(34)21-8-4-5-9-22(21)27(31)35/h6-7,10-15,21-22H,4-5,8-9,16-18H2,1-3H3/t21-,22-,29+/m0/s1. The molecule has 0 unspecified atom stereocenters. The van der Waals surface area contributed by atoms with Gasteiger partial charge in [-0.1, -0.05) is 61.7 Å². The third kappa shape index (κ3) is 3.98. The zero-order chi connectivity index (χ0) is 25.0. The zero-order valence-corrected chi connectivity index (χ0v) is 21.5. The van der Waals surface area contributed by atoms with Crippen LogP contribution < -0.4 is 4.90 Å². The highest BCUT2D eigenvalue weighted by atomic mass is 35.5. The van der Waals surface area contributed by atoms with Crippen LogP contribution in [0.4, 0.5) is 5.69 Å². The van der Waals surface area contributed by atoms with Crippen LogP contribution in [-0.2, 0) is 19.8 Å². The maximum Gasteiger partial charge on any atom is 0.233 e. The summed E-state index contributed by atoms with van der Waals surface area (Å²) in [6, 6.07) is 16.0. The Balaban J connectivity index is 1.42. The normalized spacial score (nSPS) is 27.5. The van der Waals surface area contributed by atoms with E-state index in [0.717, 1.165) is 48.9 Å². The van der Waals surface area contributed by atoms with E-state index in [1.54, 1.807) is 0 Å². The topological polar surface area (TPSA) is 57.7 Å². The number of hydrogen-bond acceptors (Lipinski definition) is 3. The fraction of sp³-hybridized carbons (Fsp3) is 0.483. The molecule has 2 heterocycles. The third-order valence-electron chi connectivity index (χ3n) is 8.34. The summed E-state index contributed by atoms with van der Waals surface area (Å²) in [5, 5.41) is 0.698. The van der Waals surface area contributed by atoms with Gasteiger partial charge in [0, 0.05) is 34.6 Å². The zero-order valence-electron chi connectivity index (χ0n) is 20.7. The minimum atomic E-state index is -0.465. The summed E-state index contributed by atoms with van der Waals surface area (Å²) in [5.74, 6) is -0.588. The number of amides is 3. The Hall–Kier alpha value is -2.66. The van der Waals surface area contributed by atoms with E-state index in [-0.39, 0.29) is 47.9 Å². The van der Waals surface area contributed by atoms with Crippen molar-refractivity contribution in [2.75, 3.05) is 11.4 Å². The number of carbonyl (C=O) groups excluding carboxylic acids is 3. The molecule has 2 aromatic carbocycles. The number of anilines is 1. The highest BCUT2D eigenvalue weighted by Crippen LogP contribution is 2.50. The lowest BCUT2D eigenvalue weighted by molar-refractivity contribution is -0.140. The average Bonchev–Trinajstić information content (AvgIpc) is 3.07. The van der Waals surface area contributed by atoms with Crippen molar-refractivity contribution in [3.63, 3.8) is 0 Å². The van der Waals surface area contributed by atoms with Crippen molar-refractivity contribution in [2.24, 2.45) is 11.8 Å². The van der Waals surface area contributed by atoms with Gasteiger partial charge in [-0.3, -0.25) is 19.3 Å². The maximum absolute atomic E-state index is 13.7. The van der Waals surface area contributed by atoms with Crippen LogP contribution in [0.1, 0.15) is 70.4 Å². The monoisotopic (exact) mass is 492 g/mol. The van der Waals surface area contributed by atoms with E-state index in [2.05, 4.69) is 39.0 Å². The Morgan fingerprint density at radius 3 is 2.17 bits per heavy atom. The molecule has 1 saturated carbocycles. The molecule has 1 saturated heterocycles. The smallest absolute Gasteiger partial charge is 0.233 e. The first kappa shape index (κ1) is 24.1. The SMILES string of the molecule is CC1(C)C[C@](C)(c2ccc(Cl)cc2)c2ccccc2N1C(=O)CCN1C(=O)[C@H]2CCCC[C@@H]2C1=O. The van der Waals surface area contributed by atoms with Gasteiger partial charge in [0.2, 0.25) is 17.7 Å². The molecule has 3 amide bonds. The van der Waals surface area contributed by atoms with Gasteiger partial charge < -0.3 is 4.90 Å². The van der Waals surface area contributed by atoms with Crippen LogP contribution in [0.15, 0.2) is 48.5 Å². The molecule has 0 radical (unpaired) electrons. The number of hydrogen-bond donors (Lipinski definition) is 0. The molecule has 184 valence electrons. The quantitative estimate of drug-likeness (QED) is 0.512. The van der Waals surface area contributed by atoms with Crippen molar-refractivity contribution in [1.29, 1.82) is 0 Å². The van der Waals surface area contributed by atoms with Crippen molar-refractivity contribution < 1.29 is 14.4 Å². The fourth-order valence-corrected chi connectivity index (χ4v) is 6.94. The largest absolute Gasteiger partial charge is 0.306 e. The van der Waals surface area contributed by atoms with Crippen LogP contribution in [0.2, 0.25) is 5.02 Å². The Labute approximate surface area is 212 Å². The molecule has 2 fully saturated rings. The number of likely N-dealkylation sites (tertiary alicyclic amines) is 1. The van der Waals surface area contributed by atoms with Crippen LogP contribution in [0, 0.1) is 11.8 Å². The molecular weight excluding hydrogens is 460 g/mol. The van der Waals surface area contributed by atoms with Crippen molar-refractivity contribution >= 4 is 35.0 Å². The molecule has 0 spiro atoms. The molecule has 5 nitrogen and oxygen atoms in total. The van der Waals surface area contributed by atoms with Crippen LogP contribution in [0.3, 0.4) is 0 Å². The number of para-hydroxylation sites is 1. The number of halogens is 1. The summed E-state index contributed by atoms with van der Waals surface area (Å²) in [7, 11) is 0. The lowest BCUT2D eigenvalue weighted by Gasteiger charge is -2.51. The number of imide groups is 1. The average molecular weight is 493 g/mol. The first-order valence-corrected chi connectivity index (χ1v) is 13.1. The van der Waals surface area contributed by atoms with Crippen LogP contribution in [-0.4, -0.2) is 34.7 Å². The molecular formula is C29H33ClN2O3. The maximum atomic E-state index is 13.7. The van der Waals surface area contributed by atoms with Gasteiger partial charge >= 0.3 is 0 Å². The van der Waals surface area contributed by atoms with E-state index in [9.17, 15) is 14.4 Å². The van der Waals surface area contributed by atoms with Crippen molar-refractivity contribution in [3.8, 4) is 0 Å². The molecule has 35 heavy (non-hydrogen) atoms. The molecule has 6 heteroatoms. The minimum Gasteiger partial charge on any atom is -0.306 e. The lowest BCUT2D eigenvalue weighted by Crippen LogP contribution is -2.56. The molecule has 3 aliphatic rings. The van der Waals surface area contributed by atoms with Gasteiger partial charge in [-0.2, -0.15) is 0 Å². The Morgan fingerprint density at radius 2 is 1.54 bits per heavy atom. The summed E-state index contributed by atoms with van der Waals surface area (Å²) < 4.78 is 0. The summed E-state index contributed by atoms with van der Waals surface area (Å²) in [4.78, 5) is 42.8. The van der Waals surface area contributed by atoms with Crippen LogP contribution in [0.25, 0.3) is 0 Å². The van der Waals surface area contributed by atoms with E-state index in [4.69, 9.17) is 11.6 Å². The second kappa shape index (κ2) is 8.77. The highest BCUT2D eigenvalue weighted by Gasteiger charge is 2.50. The molecule has 3 atom stereocenters. The predicted octanol–water partition coefficient (Wildman–Crippen LogP) is 5.73. The van der Waals surface area contributed by atoms with Gasteiger partial charge in [0.1, 0.15) is 0 Å². The highest BCUT2D eigenvalue weighted by molar-refractivity contribution is 6.30. The first-order chi connectivity index (χ1) is 16.6. The van der Waals surface area contributed by atoms with Crippen LogP contribution in [0.5, 0.6) is 0 Å². The van der Waals surface area contributed by atoms with Gasteiger partial charge in [0.05, 0.1) is 11.8 Å². The van der Waals surface area contributed by atoms with E-state index in [1.807, 2.05) is 35.2 Å². The fourth-order valence-electron chi connectivity index (χ4n) is 6.82. The number of carbonyl (C=O) groups is 3. The van der Waals surface area contributed by atoms with E-state index < -0.39 is 5.54 Å². The van der Waals surface area contributed by atoms with E-state index in [1.165, 1.54) is 4.90 Å². The molecule has 0 N–H and O–H groups in total. The second-order valence-corrected chi connectivity index (χ2v) is 11.6. The predicted molar refractivity (Wildman–Crippen MR) is 137 cm³/mol. The molecule has 2 aliphatic heterocycles. The van der Waals surface area contributed by atoms with Crippen molar-refractivity contribution in [2.45, 2.75) is 70.3 Å². The van der Waals surface area contributed by atoms with E-state index in [0.29, 0.717) is 5.02 Å². The molecule has 2 aromatic rings. The number of benzene rings is 2. The van der Waals surface area contributed by atoms with Crippen molar-refractivity contribution in [1.82, 2.24) is 4.90 Å². The molecule has 5 rings (SSSR count). The summed E-state index contributed by atoms with van der Waals surface area (Å²) in [6.45, 7) is 6.57. The number of fused-ring (bicyclic) bond motifs is 2. The molecule has 0 bridgehead atoms. The summed E-state index contributed by atoms with van der Waals surface area (Å²) >= 11 is 6.16. The lowest BCUT2D eigenvalue weighted by atomic mass is 9.65. The minimum absolute atomic E-state index is 0.0592. The Kier molecular flexibility index (Phi) is 6.03. The number of rotatable bonds is 4. The summed E-state index contributed by atoms with van der Waals surface area (Å²) in [6.07, 6.45) is 4.43. The van der Waals surface area contributed by atoms with Crippen LogP contribution >= 0.6 is 11.6 Å². The van der Waals surface area contributed by atoms with Gasteiger partial charge in [0.25, 0.3) is 0 Å². The van der Waals surface area contributed by atoms with Gasteiger partial charge in [-0.15, -0.1) is 0 Å². The Morgan fingerprint density at radius 1 is 0.943 bits per heavy atom. The van der Waals surface area contributed by atoms with Gasteiger partial charge in [-0.25, -0.2) is 0 Å². The third-order valence-corrected chi connectivity index (χ3v) is 8.60. The van der Waals surface area contributed by atoms with Gasteiger partial charge in [0.15, 0.2) is 0 Å². The van der Waals surface area contributed by atoms with Crippen molar-refractivity contribution in [3.05, 3.63) is 64.7 Å². The summed E-state index contributed by atoms with van der Waals surface area (Å²) in [5.41, 5.74) is 2.38. The first-order valence-electron chi connectivity index (χ1n) is 12.7.